The van der Waals surface area contributed by atoms with Crippen molar-refractivity contribution in [1.29, 1.82) is 0 Å². The smallest absolute Gasteiger partial charge is 0.335 e. The molecule has 5 heteroatoms. The molecule has 1 N–H and O–H groups in total. The largest absolute Gasteiger partial charge is 0.478 e. The minimum atomic E-state index is -0.994. The van der Waals surface area contributed by atoms with Gasteiger partial charge in [-0.05, 0) is 42.8 Å². The second-order valence-corrected chi connectivity index (χ2v) is 4.39. The molecule has 102 valence electrons. The first-order valence-corrected chi connectivity index (χ1v) is 6.03. The molecular formula is C15H14N2O3. The number of aryl methyl sites for hydroxylation is 1. The third-order valence-corrected chi connectivity index (χ3v) is 3.02. The lowest BCUT2D eigenvalue weighted by atomic mass is 10.1. The molecule has 0 bridgehead atoms. The highest BCUT2D eigenvalue weighted by Crippen LogP contribution is 2.17. The Hall–Kier alpha value is -2.69. The number of pyridine rings is 1. The van der Waals surface area contributed by atoms with Gasteiger partial charge in [0, 0.05) is 18.9 Å². The molecule has 2 rings (SSSR count). The summed E-state index contributed by atoms with van der Waals surface area (Å²) in [4.78, 5) is 28.7. The van der Waals surface area contributed by atoms with E-state index in [-0.39, 0.29) is 11.5 Å². The number of hydrogen-bond donors (Lipinski definition) is 1. The topological polar surface area (TPSA) is 70.5 Å². The molecule has 0 unspecified atom stereocenters. The third kappa shape index (κ3) is 2.66. The maximum Gasteiger partial charge on any atom is 0.335 e. The van der Waals surface area contributed by atoms with Crippen molar-refractivity contribution in [1.82, 2.24) is 4.98 Å². The van der Waals surface area contributed by atoms with Gasteiger partial charge in [0.25, 0.3) is 5.91 Å². The number of aromatic carboxylic acids is 1. The first kappa shape index (κ1) is 13.7. The Morgan fingerprint density at radius 3 is 2.35 bits per heavy atom. The molecule has 2 aromatic rings. The zero-order chi connectivity index (χ0) is 14.7. The maximum atomic E-state index is 12.3. The van der Waals surface area contributed by atoms with Gasteiger partial charge in [0.1, 0.15) is 5.69 Å². The molecule has 0 radical (unpaired) electrons. The zero-order valence-electron chi connectivity index (χ0n) is 11.2. The highest BCUT2D eigenvalue weighted by atomic mass is 16.4. The fraction of sp³-hybridized carbons (Fsp3) is 0.133. The Balaban J connectivity index is 2.27. The SMILES string of the molecule is Cc1cccnc1C(=O)N(C)c1ccc(C(=O)O)cc1. The number of carbonyl (C=O) groups excluding carboxylic acids is 1. The van der Waals surface area contributed by atoms with Crippen LogP contribution in [0.15, 0.2) is 42.6 Å². The summed E-state index contributed by atoms with van der Waals surface area (Å²) in [5.74, 6) is -1.22. The summed E-state index contributed by atoms with van der Waals surface area (Å²) in [7, 11) is 1.63. The number of hydrogen-bond acceptors (Lipinski definition) is 3. The van der Waals surface area contributed by atoms with Crippen LogP contribution in [0.5, 0.6) is 0 Å². The number of carbonyl (C=O) groups is 2. The lowest BCUT2D eigenvalue weighted by Gasteiger charge is -2.17. The van der Waals surface area contributed by atoms with Gasteiger partial charge >= 0.3 is 5.97 Å². The van der Waals surface area contributed by atoms with Crippen LogP contribution in [0.2, 0.25) is 0 Å². The molecule has 0 atom stereocenters. The number of carboxylic acid groups (broad SMARTS) is 1. The fourth-order valence-electron chi connectivity index (χ4n) is 1.81. The molecule has 5 nitrogen and oxygen atoms in total. The Kier molecular flexibility index (Phi) is 3.79. The van der Waals surface area contributed by atoms with Crippen LogP contribution in [-0.2, 0) is 0 Å². The van der Waals surface area contributed by atoms with Gasteiger partial charge in [-0.2, -0.15) is 0 Å². The van der Waals surface area contributed by atoms with Crippen LogP contribution in [0.1, 0.15) is 26.4 Å². The van der Waals surface area contributed by atoms with Crippen molar-refractivity contribution in [2.45, 2.75) is 6.92 Å². The van der Waals surface area contributed by atoms with E-state index < -0.39 is 5.97 Å². The van der Waals surface area contributed by atoms with Crippen LogP contribution in [0.25, 0.3) is 0 Å². The molecule has 0 spiro atoms. The summed E-state index contributed by atoms with van der Waals surface area (Å²) in [6.07, 6.45) is 1.57. The first-order chi connectivity index (χ1) is 9.50. The highest BCUT2D eigenvalue weighted by molar-refractivity contribution is 6.05. The van der Waals surface area contributed by atoms with Gasteiger partial charge in [0.2, 0.25) is 0 Å². The molecule has 0 aliphatic rings. The second kappa shape index (κ2) is 5.52. The van der Waals surface area contributed by atoms with E-state index in [1.54, 1.807) is 31.4 Å². The van der Waals surface area contributed by atoms with E-state index in [1.165, 1.54) is 17.0 Å². The molecule has 0 aliphatic heterocycles. The van der Waals surface area contributed by atoms with Crippen molar-refractivity contribution in [2.75, 3.05) is 11.9 Å². The Morgan fingerprint density at radius 2 is 1.80 bits per heavy atom. The number of aromatic nitrogens is 1. The summed E-state index contributed by atoms with van der Waals surface area (Å²) in [6, 6.07) is 9.72. The molecule has 0 saturated heterocycles. The number of benzene rings is 1. The van der Waals surface area contributed by atoms with Crippen molar-refractivity contribution in [3.63, 3.8) is 0 Å². The van der Waals surface area contributed by atoms with E-state index in [9.17, 15) is 9.59 Å². The lowest BCUT2D eigenvalue weighted by molar-refractivity contribution is 0.0696. The molecule has 1 heterocycles. The summed E-state index contributed by atoms with van der Waals surface area (Å²) in [6.45, 7) is 1.82. The number of rotatable bonds is 3. The van der Waals surface area contributed by atoms with Crippen molar-refractivity contribution in [3.8, 4) is 0 Å². The van der Waals surface area contributed by atoms with E-state index in [0.717, 1.165) is 5.56 Å². The third-order valence-electron chi connectivity index (χ3n) is 3.02. The molecule has 0 fully saturated rings. The van der Waals surface area contributed by atoms with E-state index in [1.807, 2.05) is 13.0 Å². The van der Waals surface area contributed by atoms with Crippen molar-refractivity contribution >= 4 is 17.6 Å². The first-order valence-electron chi connectivity index (χ1n) is 6.03. The minimum absolute atomic E-state index is 0.184. The Morgan fingerprint density at radius 1 is 1.15 bits per heavy atom. The van der Waals surface area contributed by atoms with Crippen LogP contribution in [0.3, 0.4) is 0 Å². The van der Waals surface area contributed by atoms with Gasteiger partial charge in [-0.25, -0.2) is 4.79 Å². The van der Waals surface area contributed by atoms with Crippen molar-refractivity contribution in [2.24, 2.45) is 0 Å². The molecular weight excluding hydrogens is 256 g/mol. The number of anilines is 1. The van der Waals surface area contributed by atoms with Crippen LogP contribution >= 0.6 is 0 Å². The number of nitrogens with zero attached hydrogens (tertiary/aromatic N) is 2. The van der Waals surface area contributed by atoms with E-state index in [4.69, 9.17) is 5.11 Å². The zero-order valence-corrected chi connectivity index (χ0v) is 11.2. The molecule has 1 aromatic carbocycles. The van der Waals surface area contributed by atoms with Crippen molar-refractivity contribution < 1.29 is 14.7 Å². The fourth-order valence-corrected chi connectivity index (χ4v) is 1.81. The van der Waals surface area contributed by atoms with Crippen LogP contribution in [0.4, 0.5) is 5.69 Å². The summed E-state index contributed by atoms with van der Waals surface area (Å²) in [5.41, 5.74) is 1.98. The van der Waals surface area contributed by atoms with E-state index >= 15 is 0 Å². The van der Waals surface area contributed by atoms with Gasteiger partial charge in [-0.1, -0.05) is 6.07 Å². The maximum absolute atomic E-state index is 12.3. The number of carboxylic acids is 1. The molecule has 20 heavy (non-hydrogen) atoms. The molecule has 1 aromatic heterocycles. The molecule has 1 amide bonds. The van der Waals surface area contributed by atoms with Gasteiger partial charge in [0.15, 0.2) is 0 Å². The monoisotopic (exact) mass is 270 g/mol. The highest BCUT2D eigenvalue weighted by Gasteiger charge is 2.17. The Labute approximate surface area is 116 Å². The number of amides is 1. The van der Waals surface area contributed by atoms with E-state index in [0.29, 0.717) is 11.4 Å². The van der Waals surface area contributed by atoms with Gasteiger partial charge in [-0.3, -0.25) is 9.78 Å². The predicted molar refractivity (Wildman–Crippen MR) is 75.1 cm³/mol. The normalized spacial score (nSPS) is 10.1. The van der Waals surface area contributed by atoms with E-state index in [2.05, 4.69) is 4.98 Å². The van der Waals surface area contributed by atoms with Gasteiger partial charge < -0.3 is 10.0 Å². The minimum Gasteiger partial charge on any atom is -0.478 e. The Bertz CT molecular complexity index is 650. The van der Waals surface area contributed by atoms with Crippen LogP contribution in [0, 0.1) is 6.92 Å². The van der Waals surface area contributed by atoms with Crippen molar-refractivity contribution in [3.05, 3.63) is 59.4 Å². The standard InChI is InChI=1S/C15H14N2O3/c1-10-4-3-9-16-13(10)14(18)17(2)12-7-5-11(6-8-12)15(19)20/h3-9H,1-2H3,(H,19,20). The summed E-state index contributed by atoms with van der Waals surface area (Å²) < 4.78 is 0. The average Bonchev–Trinajstić information content (AvgIpc) is 2.46. The quantitative estimate of drug-likeness (QED) is 0.929. The average molecular weight is 270 g/mol. The molecule has 0 saturated carbocycles. The lowest BCUT2D eigenvalue weighted by Crippen LogP contribution is -2.27. The predicted octanol–water partition coefficient (Wildman–Crippen LogP) is 2.36. The van der Waals surface area contributed by atoms with Crippen LogP contribution < -0.4 is 4.90 Å². The van der Waals surface area contributed by atoms with Crippen LogP contribution in [-0.4, -0.2) is 29.0 Å². The van der Waals surface area contributed by atoms with Gasteiger partial charge in [0.05, 0.1) is 5.56 Å². The molecule has 0 aliphatic carbocycles. The summed E-state index contributed by atoms with van der Waals surface area (Å²) >= 11 is 0. The second-order valence-electron chi connectivity index (χ2n) is 4.39. The summed E-state index contributed by atoms with van der Waals surface area (Å²) in [5, 5.41) is 8.85. The van der Waals surface area contributed by atoms with Gasteiger partial charge in [-0.15, -0.1) is 0 Å².